The summed E-state index contributed by atoms with van der Waals surface area (Å²) >= 11 is 0. The number of ketones is 1. The smallest absolute Gasteiger partial charge is 0.340 e. The minimum absolute atomic E-state index is 0.0273. The van der Waals surface area contributed by atoms with Gasteiger partial charge in [-0.25, -0.2) is 4.79 Å². The Morgan fingerprint density at radius 2 is 1.91 bits per heavy atom. The second-order valence-corrected chi connectivity index (χ2v) is 10.2. The number of nitrogens with zero attached hydrogens (tertiary/aromatic N) is 1. The lowest BCUT2D eigenvalue weighted by Crippen LogP contribution is -2.49. The van der Waals surface area contributed by atoms with Gasteiger partial charge in [0.05, 0.1) is 25.3 Å². The van der Waals surface area contributed by atoms with Crippen molar-refractivity contribution in [1.29, 1.82) is 0 Å². The van der Waals surface area contributed by atoms with Crippen molar-refractivity contribution in [2.45, 2.75) is 25.3 Å². The average molecular weight is 586 g/mol. The van der Waals surface area contributed by atoms with Crippen LogP contribution >= 0.6 is 0 Å². The number of carbonyl (C=O) groups is 5. The Kier molecular flexibility index (Phi) is 8.94. The van der Waals surface area contributed by atoms with E-state index in [0.717, 1.165) is 11.8 Å². The summed E-state index contributed by atoms with van der Waals surface area (Å²) < 4.78 is 10.6. The number of carbonyl (C=O) groups excluding carboxylic acids is 5. The molecule has 3 amide bonds. The summed E-state index contributed by atoms with van der Waals surface area (Å²) in [6, 6.07) is 13.0. The number of nitrogens with one attached hydrogen (secondary N) is 4. The highest BCUT2D eigenvalue weighted by atomic mass is 16.5. The summed E-state index contributed by atoms with van der Waals surface area (Å²) in [5, 5.41) is 10.0. The van der Waals surface area contributed by atoms with Gasteiger partial charge in [-0.3, -0.25) is 24.2 Å². The van der Waals surface area contributed by atoms with Gasteiger partial charge in [0.1, 0.15) is 11.4 Å². The molecule has 2 aromatic carbocycles. The molecular formula is C31H31N5O7. The van der Waals surface area contributed by atoms with E-state index in [-0.39, 0.29) is 23.6 Å². The predicted octanol–water partition coefficient (Wildman–Crippen LogP) is 2.28. The van der Waals surface area contributed by atoms with Crippen molar-refractivity contribution in [1.82, 2.24) is 25.9 Å². The summed E-state index contributed by atoms with van der Waals surface area (Å²) in [5.74, 6) is -2.60. The Bertz CT molecular complexity index is 1690. The van der Waals surface area contributed by atoms with E-state index in [1.54, 1.807) is 48.7 Å². The monoisotopic (exact) mass is 585 g/mol. The maximum absolute atomic E-state index is 13.2. The first kappa shape index (κ1) is 29.2. The molecule has 5 rings (SSSR count). The number of benzene rings is 2. The van der Waals surface area contributed by atoms with Crippen LogP contribution in [-0.4, -0.2) is 72.3 Å². The maximum Gasteiger partial charge on any atom is 0.340 e. The number of rotatable bonds is 11. The molecule has 12 heteroatoms. The molecule has 1 fully saturated rings. The highest BCUT2D eigenvalue weighted by Crippen LogP contribution is 2.26. The molecule has 1 aliphatic heterocycles. The highest BCUT2D eigenvalue weighted by molar-refractivity contribution is 6.05. The fourth-order valence-corrected chi connectivity index (χ4v) is 5.14. The lowest BCUT2D eigenvalue weighted by atomic mass is 9.90. The molecule has 1 saturated heterocycles. The lowest BCUT2D eigenvalue weighted by molar-refractivity contribution is -0.132. The van der Waals surface area contributed by atoms with Gasteiger partial charge in [0.15, 0.2) is 12.4 Å². The van der Waals surface area contributed by atoms with Gasteiger partial charge in [-0.1, -0.05) is 30.3 Å². The molecule has 0 aliphatic carbocycles. The summed E-state index contributed by atoms with van der Waals surface area (Å²) in [7, 11) is 1.53. The number of amides is 3. The SMILES string of the molecule is COc1cccc2[nH]c(C(=O)NCC(=O)N[C@@H](C[C@@H]3CCCNC3=O)C(=O)COC(=O)c3cncc4ccccc34)cc12. The van der Waals surface area contributed by atoms with Crippen molar-refractivity contribution >= 4 is 51.1 Å². The number of methoxy groups -OCH3 is 1. The fraction of sp³-hybridized carbons (Fsp3) is 0.290. The summed E-state index contributed by atoms with van der Waals surface area (Å²) in [6.07, 6.45) is 4.30. The molecule has 4 aromatic rings. The van der Waals surface area contributed by atoms with Crippen molar-refractivity contribution < 1.29 is 33.4 Å². The lowest BCUT2D eigenvalue weighted by Gasteiger charge is -2.26. The van der Waals surface area contributed by atoms with Gasteiger partial charge in [-0.15, -0.1) is 0 Å². The number of pyridine rings is 1. The third-order valence-electron chi connectivity index (χ3n) is 7.38. The molecule has 0 bridgehead atoms. The van der Waals surface area contributed by atoms with E-state index in [4.69, 9.17) is 9.47 Å². The molecule has 3 heterocycles. The first-order chi connectivity index (χ1) is 20.8. The number of ether oxygens (including phenoxy) is 2. The molecule has 2 aromatic heterocycles. The van der Waals surface area contributed by atoms with Crippen molar-refractivity contribution in [2.75, 3.05) is 26.8 Å². The Morgan fingerprint density at radius 3 is 2.72 bits per heavy atom. The van der Waals surface area contributed by atoms with Gasteiger partial charge in [0, 0.05) is 41.1 Å². The molecule has 43 heavy (non-hydrogen) atoms. The van der Waals surface area contributed by atoms with Crippen LogP contribution in [0, 0.1) is 5.92 Å². The standard InChI is InChI=1S/C31H31N5O7/c1-42-27-10-4-9-23-21(27)13-25(35-23)30(40)34-16-28(38)36-24(12-18-7-5-11-33-29(18)39)26(37)17-43-31(41)22-15-32-14-19-6-2-3-8-20(19)22/h2-4,6,8-10,13-15,18,24,35H,5,7,11-12,16-17H2,1H3,(H,33,39)(H,34,40)(H,36,38)/t18-,24-/m0/s1. The Labute approximate surface area is 246 Å². The number of H-pyrrole nitrogens is 1. The number of fused-ring (bicyclic) bond motifs is 2. The quantitative estimate of drug-likeness (QED) is 0.194. The van der Waals surface area contributed by atoms with Crippen LogP contribution in [0.1, 0.15) is 40.1 Å². The molecule has 4 N–H and O–H groups in total. The summed E-state index contributed by atoms with van der Waals surface area (Å²) in [6.45, 7) is -0.499. The molecule has 1 aliphatic rings. The second-order valence-electron chi connectivity index (χ2n) is 10.2. The number of esters is 1. The van der Waals surface area contributed by atoms with Crippen LogP contribution in [0.3, 0.4) is 0 Å². The van der Waals surface area contributed by atoms with E-state index in [1.807, 2.05) is 6.07 Å². The van der Waals surface area contributed by atoms with Crippen LogP contribution in [0.5, 0.6) is 5.75 Å². The van der Waals surface area contributed by atoms with Gasteiger partial charge in [0.2, 0.25) is 11.8 Å². The first-order valence-corrected chi connectivity index (χ1v) is 13.9. The van der Waals surface area contributed by atoms with Crippen LogP contribution in [0.25, 0.3) is 21.7 Å². The third kappa shape index (κ3) is 6.80. The zero-order valence-corrected chi connectivity index (χ0v) is 23.5. The van der Waals surface area contributed by atoms with Crippen molar-refractivity contribution in [3.05, 3.63) is 72.2 Å². The minimum atomic E-state index is -1.12. The molecule has 0 unspecified atom stereocenters. The predicted molar refractivity (Wildman–Crippen MR) is 156 cm³/mol. The normalized spacial score (nSPS) is 15.4. The van der Waals surface area contributed by atoms with E-state index < -0.39 is 48.7 Å². The van der Waals surface area contributed by atoms with Crippen LogP contribution in [0.4, 0.5) is 0 Å². The fourth-order valence-electron chi connectivity index (χ4n) is 5.14. The maximum atomic E-state index is 13.2. The molecule has 2 atom stereocenters. The van der Waals surface area contributed by atoms with Crippen LogP contribution in [0.15, 0.2) is 60.9 Å². The Balaban J connectivity index is 1.23. The van der Waals surface area contributed by atoms with Crippen LogP contribution in [-0.2, 0) is 19.1 Å². The average Bonchev–Trinajstić information content (AvgIpc) is 3.47. The molecule has 222 valence electrons. The van der Waals surface area contributed by atoms with E-state index in [0.29, 0.717) is 35.0 Å². The zero-order chi connectivity index (χ0) is 30.3. The number of aromatic nitrogens is 2. The number of aromatic amines is 1. The number of hydrogen-bond acceptors (Lipinski definition) is 8. The zero-order valence-electron chi connectivity index (χ0n) is 23.5. The van der Waals surface area contributed by atoms with E-state index in [2.05, 4.69) is 25.9 Å². The number of piperidine rings is 1. The van der Waals surface area contributed by atoms with Gasteiger partial charge >= 0.3 is 5.97 Å². The third-order valence-corrected chi connectivity index (χ3v) is 7.38. The Hall–Kier alpha value is -5.26. The van der Waals surface area contributed by atoms with E-state index in [9.17, 15) is 24.0 Å². The van der Waals surface area contributed by atoms with Gasteiger partial charge in [-0.05, 0) is 42.8 Å². The summed E-state index contributed by atoms with van der Waals surface area (Å²) in [4.78, 5) is 71.2. The highest BCUT2D eigenvalue weighted by Gasteiger charge is 2.31. The van der Waals surface area contributed by atoms with Gasteiger partial charge in [-0.2, -0.15) is 0 Å². The minimum Gasteiger partial charge on any atom is -0.496 e. The van der Waals surface area contributed by atoms with Crippen molar-refractivity contribution in [2.24, 2.45) is 5.92 Å². The van der Waals surface area contributed by atoms with Crippen molar-refractivity contribution in [3.63, 3.8) is 0 Å². The van der Waals surface area contributed by atoms with Gasteiger partial charge in [0.25, 0.3) is 5.91 Å². The van der Waals surface area contributed by atoms with Gasteiger partial charge < -0.3 is 30.4 Å². The molecule has 0 radical (unpaired) electrons. The topological polar surface area (TPSA) is 169 Å². The molecule has 0 spiro atoms. The molecule has 12 nitrogen and oxygen atoms in total. The van der Waals surface area contributed by atoms with Crippen molar-refractivity contribution in [3.8, 4) is 5.75 Å². The molecular weight excluding hydrogens is 554 g/mol. The number of Topliss-reactive ketones (excluding diaryl/α,β-unsaturated/α-hetero) is 1. The largest absolute Gasteiger partial charge is 0.496 e. The number of hydrogen-bond donors (Lipinski definition) is 4. The Morgan fingerprint density at radius 1 is 1.07 bits per heavy atom. The second kappa shape index (κ2) is 13.1. The first-order valence-electron chi connectivity index (χ1n) is 13.9. The van der Waals surface area contributed by atoms with Crippen LogP contribution in [0.2, 0.25) is 0 Å². The summed E-state index contributed by atoms with van der Waals surface area (Å²) in [5.41, 5.74) is 1.13. The van der Waals surface area contributed by atoms with E-state index in [1.165, 1.54) is 13.3 Å². The van der Waals surface area contributed by atoms with E-state index >= 15 is 0 Å². The molecule has 0 saturated carbocycles. The van der Waals surface area contributed by atoms with Crippen LogP contribution < -0.4 is 20.7 Å².